The molecule has 0 heterocycles. The quantitative estimate of drug-likeness (QED) is 0.440. The molecule has 0 aliphatic rings. The summed E-state index contributed by atoms with van der Waals surface area (Å²) in [7, 11) is 1.62. The fourth-order valence-corrected chi connectivity index (χ4v) is 3.08. The molecule has 0 unspecified atom stereocenters. The second kappa shape index (κ2) is 9.47. The van der Waals surface area contributed by atoms with Crippen LogP contribution in [0.25, 0.3) is 0 Å². The third-order valence-electron chi connectivity index (χ3n) is 4.65. The lowest BCUT2D eigenvalue weighted by Gasteiger charge is -2.19. The number of carbonyl (C=O) groups excluding carboxylic acids is 2. The molecule has 2 amide bonds. The van der Waals surface area contributed by atoms with Gasteiger partial charge in [0, 0.05) is 19.7 Å². The third-order valence-corrected chi connectivity index (χ3v) is 4.65. The summed E-state index contributed by atoms with van der Waals surface area (Å²) in [6.45, 7) is 0.343. The van der Waals surface area contributed by atoms with Crippen molar-refractivity contribution in [2.75, 3.05) is 12.4 Å². The van der Waals surface area contributed by atoms with E-state index in [2.05, 4.69) is 5.32 Å². The lowest BCUT2D eigenvalue weighted by Crippen LogP contribution is -2.27. The van der Waals surface area contributed by atoms with Gasteiger partial charge in [-0.25, -0.2) is 0 Å². The standard InChI is InChI=1S/C22H18N4O6/c1-24(14-15-7-3-2-4-8-15)22(28)17-9-5-6-10-19(17)23-21(27)18-12-11-16(25(29)30)13-20(18)26(31)32/h2-13H,14H2,1H3,(H,23,27). The van der Waals surface area contributed by atoms with Gasteiger partial charge in [-0.1, -0.05) is 42.5 Å². The summed E-state index contributed by atoms with van der Waals surface area (Å²) in [4.78, 5) is 47.8. The van der Waals surface area contributed by atoms with E-state index in [4.69, 9.17) is 0 Å². The second-order valence-electron chi connectivity index (χ2n) is 6.86. The van der Waals surface area contributed by atoms with E-state index in [9.17, 15) is 29.8 Å². The highest BCUT2D eigenvalue weighted by atomic mass is 16.6. The maximum Gasteiger partial charge on any atom is 0.289 e. The number of amides is 2. The van der Waals surface area contributed by atoms with Crippen molar-refractivity contribution < 1.29 is 19.4 Å². The number of hydrogen-bond acceptors (Lipinski definition) is 6. The first-order chi connectivity index (χ1) is 15.3. The monoisotopic (exact) mass is 434 g/mol. The summed E-state index contributed by atoms with van der Waals surface area (Å²) in [5.41, 5.74) is -0.293. The minimum absolute atomic E-state index is 0.162. The minimum Gasteiger partial charge on any atom is -0.337 e. The van der Waals surface area contributed by atoms with Crippen LogP contribution in [0.5, 0.6) is 0 Å². The van der Waals surface area contributed by atoms with Crippen LogP contribution in [-0.2, 0) is 6.54 Å². The topological polar surface area (TPSA) is 136 Å². The number of hydrogen-bond donors (Lipinski definition) is 1. The number of nitrogens with one attached hydrogen (secondary N) is 1. The number of rotatable bonds is 7. The van der Waals surface area contributed by atoms with E-state index in [1.165, 1.54) is 17.0 Å². The molecule has 0 bridgehead atoms. The van der Waals surface area contributed by atoms with E-state index in [0.29, 0.717) is 6.54 Å². The van der Waals surface area contributed by atoms with Gasteiger partial charge in [-0.3, -0.25) is 29.8 Å². The maximum absolute atomic E-state index is 13.0. The van der Waals surface area contributed by atoms with Crippen LogP contribution in [0.1, 0.15) is 26.3 Å². The van der Waals surface area contributed by atoms with E-state index in [1.807, 2.05) is 30.3 Å². The molecule has 3 aromatic rings. The molecule has 0 fully saturated rings. The molecule has 0 aliphatic carbocycles. The van der Waals surface area contributed by atoms with Crippen LogP contribution in [0.2, 0.25) is 0 Å². The average Bonchev–Trinajstić information content (AvgIpc) is 2.79. The Morgan fingerprint density at radius 3 is 2.19 bits per heavy atom. The zero-order valence-corrected chi connectivity index (χ0v) is 16.9. The van der Waals surface area contributed by atoms with Crippen molar-refractivity contribution in [3.8, 4) is 0 Å². The van der Waals surface area contributed by atoms with Crippen LogP contribution < -0.4 is 5.32 Å². The number of carbonyl (C=O) groups is 2. The zero-order valence-electron chi connectivity index (χ0n) is 16.9. The van der Waals surface area contributed by atoms with Crippen molar-refractivity contribution in [1.29, 1.82) is 0 Å². The lowest BCUT2D eigenvalue weighted by molar-refractivity contribution is -0.394. The summed E-state index contributed by atoms with van der Waals surface area (Å²) in [5, 5.41) is 24.7. The second-order valence-corrected chi connectivity index (χ2v) is 6.86. The third kappa shape index (κ3) is 4.93. The summed E-state index contributed by atoms with van der Waals surface area (Å²) in [5.74, 6) is -1.22. The van der Waals surface area contributed by atoms with E-state index in [1.54, 1.807) is 19.2 Å². The summed E-state index contributed by atoms with van der Waals surface area (Å²) >= 11 is 0. The van der Waals surface area contributed by atoms with E-state index in [-0.39, 0.29) is 22.7 Å². The molecule has 0 aliphatic heterocycles. The first-order valence-electron chi connectivity index (χ1n) is 9.40. The Balaban J connectivity index is 1.86. The molecule has 1 N–H and O–H groups in total. The van der Waals surface area contributed by atoms with Crippen LogP contribution >= 0.6 is 0 Å². The largest absolute Gasteiger partial charge is 0.337 e. The number of nitro benzene ring substituents is 2. The van der Waals surface area contributed by atoms with Crippen LogP contribution in [0, 0.1) is 20.2 Å². The van der Waals surface area contributed by atoms with Crippen molar-refractivity contribution >= 4 is 28.9 Å². The average molecular weight is 434 g/mol. The molecule has 3 aromatic carbocycles. The molecule has 10 heteroatoms. The Morgan fingerprint density at radius 2 is 1.53 bits per heavy atom. The van der Waals surface area contributed by atoms with Crippen LogP contribution in [0.4, 0.5) is 17.1 Å². The SMILES string of the molecule is CN(Cc1ccccc1)C(=O)c1ccccc1NC(=O)c1ccc([N+](=O)[O-])cc1[N+](=O)[O-]. The smallest absolute Gasteiger partial charge is 0.289 e. The van der Waals surface area contributed by atoms with Gasteiger partial charge >= 0.3 is 0 Å². The Hall–Kier alpha value is -4.60. The highest BCUT2D eigenvalue weighted by Crippen LogP contribution is 2.26. The Bertz CT molecular complexity index is 1200. The molecule has 0 aromatic heterocycles. The van der Waals surface area contributed by atoms with Gasteiger partial charge in [-0.05, 0) is 23.8 Å². The van der Waals surface area contributed by atoms with Gasteiger partial charge in [0.1, 0.15) is 5.56 Å². The molecular formula is C22H18N4O6. The Morgan fingerprint density at radius 1 is 0.875 bits per heavy atom. The molecule has 0 saturated heterocycles. The zero-order chi connectivity index (χ0) is 23.3. The van der Waals surface area contributed by atoms with Crippen LogP contribution in [0.15, 0.2) is 72.8 Å². The van der Waals surface area contributed by atoms with Crippen molar-refractivity contribution in [2.24, 2.45) is 0 Å². The predicted molar refractivity (Wildman–Crippen MR) is 116 cm³/mol. The lowest BCUT2D eigenvalue weighted by atomic mass is 10.1. The highest BCUT2D eigenvalue weighted by molar-refractivity contribution is 6.10. The summed E-state index contributed by atoms with van der Waals surface area (Å²) < 4.78 is 0. The molecule has 162 valence electrons. The Labute approximate surface area is 182 Å². The first-order valence-corrected chi connectivity index (χ1v) is 9.40. The van der Waals surface area contributed by atoms with Gasteiger partial charge in [-0.2, -0.15) is 0 Å². The first kappa shape index (κ1) is 22.1. The number of benzene rings is 3. The number of para-hydroxylation sites is 1. The molecule has 0 spiro atoms. The van der Waals surface area contributed by atoms with E-state index in [0.717, 1.165) is 23.8 Å². The van der Waals surface area contributed by atoms with Crippen molar-refractivity contribution in [1.82, 2.24) is 4.90 Å². The van der Waals surface area contributed by atoms with Crippen LogP contribution in [-0.4, -0.2) is 33.6 Å². The predicted octanol–water partition coefficient (Wildman–Crippen LogP) is 4.03. The molecule has 3 rings (SSSR count). The van der Waals surface area contributed by atoms with Crippen LogP contribution in [0.3, 0.4) is 0 Å². The van der Waals surface area contributed by atoms with E-state index >= 15 is 0 Å². The van der Waals surface area contributed by atoms with E-state index < -0.39 is 27.1 Å². The van der Waals surface area contributed by atoms with Gasteiger partial charge in [0.2, 0.25) is 0 Å². The Kier molecular flexibility index (Phi) is 6.54. The molecule has 0 atom stereocenters. The van der Waals surface area contributed by atoms with Gasteiger partial charge in [0.15, 0.2) is 0 Å². The van der Waals surface area contributed by atoms with Crippen molar-refractivity contribution in [3.05, 3.63) is 110 Å². The number of anilines is 1. The summed E-state index contributed by atoms with van der Waals surface area (Å²) in [6, 6.07) is 18.4. The number of nitro groups is 2. The molecular weight excluding hydrogens is 416 g/mol. The van der Waals surface area contributed by atoms with Crippen molar-refractivity contribution in [3.63, 3.8) is 0 Å². The number of non-ortho nitro benzene ring substituents is 1. The molecule has 0 radical (unpaired) electrons. The molecule has 10 nitrogen and oxygen atoms in total. The van der Waals surface area contributed by atoms with Crippen molar-refractivity contribution in [2.45, 2.75) is 6.54 Å². The molecule has 32 heavy (non-hydrogen) atoms. The maximum atomic E-state index is 13.0. The summed E-state index contributed by atoms with van der Waals surface area (Å²) in [6.07, 6.45) is 0. The fourth-order valence-electron chi connectivity index (χ4n) is 3.08. The number of nitrogens with zero attached hydrogens (tertiary/aromatic N) is 3. The fraction of sp³-hybridized carbons (Fsp3) is 0.0909. The normalized spacial score (nSPS) is 10.3. The highest BCUT2D eigenvalue weighted by Gasteiger charge is 2.25. The van der Waals surface area contributed by atoms with Gasteiger partial charge in [0.05, 0.1) is 27.2 Å². The van der Waals surface area contributed by atoms with Gasteiger partial charge in [-0.15, -0.1) is 0 Å². The molecule has 0 saturated carbocycles. The minimum atomic E-state index is -0.868. The van der Waals surface area contributed by atoms with Gasteiger partial charge in [0.25, 0.3) is 23.2 Å². The van der Waals surface area contributed by atoms with Gasteiger partial charge < -0.3 is 10.2 Å².